The lowest BCUT2D eigenvalue weighted by atomic mass is 9.74. The number of halogens is 2. The number of pyridine rings is 1. The van der Waals surface area contributed by atoms with Gasteiger partial charge >= 0.3 is 5.97 Å². The van der Waals surface area contributed by atoms with Gasteiger partial charge in [0.1, 0.15) is 22.1 Å². The Morgan fingerprint density at radius 2 is 2.03 bits per heavy atom. The van der Waals surface area contributed by atoms with E-state index in [2.05, 4.69) is 19.9 Å². The number of hydrogen-bond acceptors (Lipinski definition) is 9. The third kappa shape index (κ3) is 5.16. The zero-order chi connectivity index (χ0) is 23.8. The number of nitrogens with zero attached hydrogens (tertiary/aromatic N) is 4. The van der Waals surface area contributed by atoms with Crippen molar-refractivity contribution in [1.29, 1.82) is 0 Å². The van der Waals surface area contributed by atoms with Gasteiger partial charge < -0.3 is 21.1 Å². The van der Waals surface area contributed by atoms with Gasteiger partial charge in [-0.2, -0.15) is 0 Å². The molecule has 1 saturated heterocycles. The van der Waals surface area contributed by atoms with Crippen molar-refractivity contribution in [2.75, 3.05) is 23.7 Å². The monoisotopic (exact) mass is 510 g/mol. The van der Waals surface area contributed by atoms with Gasteiger partial charge in [0.2, 0.25) is 0 Å². The number of hydrogen-bond donors (Lipinski definition) is 2. The van der Waals surface area contributed by atoms with Crippen LogP contribution in [0.3, 0.4) is 0 Å². The fourth-order valence-electron chi connectivity index (χ4n) is 4.57. The number of rotatable bonds is 5. The number of ether oxygens (including phenoxy) is 1. The Kier molecular flexibility index (Phi) is 7.23. The maximum absolute atomic E-state index is 12.0. The molecule has 4 N–H and O–H groups in total. The summed E-state index contributed by atoms with van der Waals surface area (Å²) < 4.78 is 5.68. The normalized spacial score (nSPS) is 22.2. The molecule has 2 unspecified atom stereocenters. The number of esters is 1. The molecule has 1 spiro atoms. The van der Waals surface area contributed by atoms with E-state index in [0.717, 1.165) is 44.6 Å². The summed E-state index contributed by atoms with van der Waals surface area (Å²) in [7, 11) is 0. The average molecular weight is 511 g/mol. The summed E-state index contributed by atoms with van der Waals surface area (Å²) in [6.45, 7) is 5.29. The molecule has 4 rings (SSSR count). The molecule has 1 aliphatic carbocycles. The van der Waals surface area contributed by atoms with E-state index < -0.39 is 0 Å². The van der Waals surface area contributed by atoms with Crippen LogP contribution in [-0.2, 0) is 9.53 Å². The molecule has 11 heteroatoms. The molecule has 2 aliphatic rings. The molecule has 0 radical (unpaired) electrons. The van der Waals surface area contributed by atoms with Gasteiger partial charge in [0.15, 0.2) is 5.82 Å². The van der Waals surface area contributed by atoms with Gasteiger partial charge in [-0.3, -0.25) is 4.79 Å². The molecule has 1 saturated carbocycles. The van der Waals surface area contributed by atoms with Crippen LogP contribution in [0, 0.1) is 11.3 Å². The van der Waals surface area contributed by atoms with E-state index >= 15 is 0 Å². The van der Waals surface area contributed by atoms with E-state index in [1.807, 2.05) is 13.8 Å². The molecule has 8 nitrogen and oxygen atoms in total. The first-order chi connectivity index (χ1) is 15.7. The first-order valence-corrected chi connectivity index (χ1v) is 12.6. The second kappa shape index (κ2) is 9.82. The highest BCUT2D eigenvalue weighted by Gasteiger charge is 2.48. The molecule has 0 amide bonds. The summed E-state index contributed by atoms with van der Waals surface area (Å²) in [4.78, 5) is 28.0. The molecule has 33 heavy (non-hydrogen) atoms. The smallest absolute Gasteiger partial charge is 0.308 e. The average Bonchev–Trinajstić information content (AvgIpc) is 3.07. The Morgan fingerprint density at radius 3 is 2.70 bits per heavy atom. The third-order valence-corrected chi connectivity index (χ3v) is 8.49. The highest BCUT2D eigenvalue weighted by molar-refractivity contribution is 7.99. The molecular weight excluding hydrogens is 483 g/mol. The van der Waals surface area contributed by atoms with Crippen LogP contribution in [0.1, 0.15) is 39.5 Å². The van der Waals surface area contributed by atoms with Crippen LogP contribution in [0.25, 0.3) is 0 Å². The number of nitrogen functional groups attached to an aromatic ring is 1. The van der Waals surface area contributed by atoms with Crippen molar-refractivity contribution in [3.63, 3.8) is 0 Å². The first-order valence-electron chi connectivity index (χ1n) is 11.0. The van der Waals surface area contributed by atoms with Gasteiger partial charge in [0, 0.05) is 36.6 Å². The zero-order valence-electron chi connectivity index (χ0n) is 18.6. The van der Waals surface area contributed by atoms with Crippen molar-refractivity contribution in [3.8, 4) is 0 Å². The standard InChI is InChI=1S/C22H28Cl2N6O2S/c1-12(2)21(31)32-13-9-15(25)22(10-13)4-7-30(8-5-22)16-11-28-20(19(26)29-16)33-14-3-6-27-18(24)17(14)23/h3,6,11-13,15H,4-5,7-10,25H2,1-2H3,(H2,26,29). The number of aromatic nitrogens is 3. The van der Waals surface area contributed by atoms with Gasteiger partial charge in [0.05, 0.1) is 17.1 Å². The van der Waals surface area contributed by atoms with E-state index in [1.165, 1.54) is 11.8 Å². The Hall–Kier alpha value is -1.81. The van der Waals surface area contributed by atoms with E-state index in [-0.39, 0.29) is 34.6 Å². The molecule has 3 heterocycles. The summed E-state index contributed by atoms with van der Waals surface area (Å²) in [6.07, 6.45) is 6.58. The molecule has 2 aromatic rings. The molecule has 0 bridgehead atoms. The molecular formula is C22H28Cl2N6O2S. The number of carbonyl (C=O) groups excluding carboxylic acids is 1. The van der Waals surface area contributed by atoms with Crippen molar-refractivity contribution >= 4 is 52.6 Å². The summed E-state index contributed by atoms with van der Waals surface area (Å²) >= 11 is 13.5. The minimum Gasteiger partial charge on any atom is -0.462 e. The topological polar surface area (TPSA) is 120 Å². The molecule has 178 valence electrons. The summed E-state index contributed by atoms with van der Waals surface area (Å²) in [5.74, 6) is 0.789. The number of anilines is 2. The largest absolute Gasteiger partial charge is 0.462 e. The minimum atomic E-state index is -0.152. The van der Waals surface area contributed by atoms with Crippen LogP contribution >= 0.6 is 35.0 Å². The molecule has 2 atom stereocenters. The van der Waals surface area contributed by atoms with E-state index in [1.54, 1.807) is 18.5 Å². The van der Waals surface area contributed by atoms with Gasteiger partial charge in [-0.25, -0.2) is 15.0 Å². The summed E-state index contributed by atoms with van der Waals surface area (Å²) in [5.41, 5.74) is 12.7. The van der Waals surface area contributed by atoms with Gasteiger partial charge in [-0.05, 0) is 30.7 Å². The highest BCUT2D eigenvalue weighted by Crippen LogP contribution is 2.47. The van der Waals surface area contributed by atoms with Crippen LogP contribution < -0.4 is 16.4 Å². The lowest BCUT2D eigenvalue weighted by Crippen LogP contribution is -2.47. The van der Waals surface area contributed by atoms with Gasteiger partial charge in [-0.1, -0.05) is 48.8 Å². The second-order valence-corrected chi connectivity index (χ2v) is 10.8. The van der Waals surface area contributed by atoms with Crippen molar-refractivity contribution in [2.45, 2.75) is 61.6 Å². The second-order valence-electron chi connectivity index (χ2n) is 9.04. The Labute approximate surface area is 207 Å². The summed E-state index contributed by atoms with van der Waals surface area (Å²) in [6, 6.07) is 1.78. The number of nitrogens with two attached hydrogens (primary N) is 2. The predicted octanol–water partition coefficient (Wildman–Crippen LogP) is 4.19. The highest BCUT2D eigenvalue weighted by atomic mass is 35.5. The van der Waals surface area contributed by atoms with Crippen LogP contribution in [0.2, 0.25) is 10.2 Å². The van der Waals surface area contributed by atoms with E-state index in [9.17, 15) is 4.79 Å². The predicted molar refractivity (Wildman–Crippen MR) is 131 cm³/mol. The maximum atomic E-state index is 12.0. The van der Waals surface area contributed by atoms with Crippen LogP contribution in [-0.4, -0.2) is 46.2 Å². The lowest BCUT2D eigenvalue weighted by molar-refractivity contribution is -0.152. The Morgan fingerprint density at radius 1 is 1.30 bits per heavy atom. The number of piperidine rings is 1. The molecule has 0 aromatic carbocycles. The van der Waals surface area contributed by atoms with Gasteiger partial charge in [-0.15, -0.1) is 0 Å². The molecule has 1 aliphatic heterocycles. The minimum absolute atomic E-state index is 0.00937. The van der Waals surface area contributed by atoms with Crippen molar-refractivity contribution in [1.82, 2.24) is 15.0 Å². The zero-order valence-corrected chi connectivity index (χ0v) is 21.0. The maximum Gasteiger partial charge on any atom is 0.308 e. The van der Waals surface area contributed by atoms with E-state index in [4.69, 9.17) is 39.4 Å². The lowest BCUT2D eigenvalue weighted by Gasteiger charge is -2.42. The SMILES string of the molecule is CC(C)C(=O)OC1CC(N)C2(CCN(c3cnc(Sc4ccnc(Cl)c4Cl)c(N)n3)CC2)C1. The van der Waals surface area contributed by atoms with Crippen LogP contribution in [0.15, 0.2) is 28.4 Å². The first kappa shape index (κ1) is 24.3. The molecule has 2 fully saturated rings. The quantitative estimate of drug-likeness (QED) is 0.450. The van der Waals surface area contributed by atoms with Crippen molar-refractivity contribution in [3.05, 3.63) is 28.6 Å². The third-order valence-electron chi connectivity index (χ3n) is 6.54. The van der Waals surface area contributed by atoms with Crippen LogP contribution in [0.5, 0.6) is 0 Å². The Bertz CT molecular complexity index is 1030. The van der Waals surface area contributed by atoms with Crippen molar-refractivity contribution < 1.29 is 9.53 Å². The van der Waals surface area contributed by atoms with Gasteiger partial charge in [0.25, 0.3) is 0 Å². The van der Waals surface area contributed by atoms with Crippen LogP contribution in [0.4, 0.5) is 11.6 Å². The fourth-order valence-corrected chi connectivity index (χ4v) is 5.79. The fraction of sp³-hybridized carbons (Fsp3) is 0.545. The molecule has 2 aromatic heterocycles. The summed E-state index contributed by atoms with van der Waals surface area (Å²) in [5, 5.41) is 1.16. The number of carbonyl (C=O) groups is 1. The van der Waals surface area contributed by atoms with E-state index in [0.29, 0.717) is 20.8 Å². The van der Waals surface area contributed by atoms with Crippen molar-refractivity contribution in [2.24, 2.45) is 17.1 Å². The Balaban J connectivity index is 1.39.